The molecule has 0 aromatic heterocycles. The highest BCUT2D eigenvalue weighted by atomic mass is 16.3. The van der Waals surface area contributed by atoms with E-state index in [1.807, 2.05) is 0 Å². The van der Waals surface area contributed by atoms with Crippen molar-refractivity contribution in [2.75, 3.05) is 19.7 Å². The molecule has 3 heteroatoms. The zero-order valence-corrected chi connectivity index (χ0v) is 11.9. The Labute approximate surface area is 111 Å². The second-order valence-corrected chi connectivity index (χ2v) is 6.89. The van der Waals surface area contributed by atoms with Crippen LogP contribution in [0.4, 0.5) is 0 Å². The van der Waals surface area contributed by atoms with Gasteiger partial charge in [0, 0.05) is 19.2 Å². The molecular formula is C15H29NO2. The first-order chi connectivity index (χ1) is 8.54. The van der Waals surface area contributed by atoms with E-state index in [9.17, 15) is 5.11 Å². The minimum Gasteiger partial charge on any atom is -0.396 e. The highest BCUT2D eigenvalue weighted by Crippen LogP contribution is 2.42. The molecule has 2 N–H and O–H groups in total. The van der Waals surface area contributed by atoms with E-state index in [1.54, 1.807) is 0 Å². The number of aliphatic hydroxyl groups is 2. The van der Waals surface area contributed by atoms with E-state index in [-0.39, 0.29) is 11.5 Å². The minimum atomic E-state index is -0.158. The Morgan fingerprint density at radius 3 is 2.61 bits per heavy atom. The van der Waals surface area contributed by atoms with Gasteiger partial charge in [0.2, 0.25) is 0 Å². The van der Waals surface area contributed by atoms with Crippen molar-refractivity contribution in [2.45, 2.75) is 64.5 Å². The lowest BCUT2D eigenvalue weighted by molar-refractivity contribution is 0.0178. The van der Waals surface area contributed by atoms with Gasteiger partial charge in [0.15, 0.2) is 0 Å². The maximum Gasteiger partial charge on any atom is 0.0631 e. The molecule has 2 fully saturated rings. The van der Waals surface area contributed by atoms with Gasteiger partial charge >= 0.3 is 0 Å². The third-order valence-corrected chi connectivity index (χ3v) is 5.09. The Balaban J connectivity index is 1.91. The van der Waals surface area contributed by atoms with Gasteiger partial charge in [0.1, 0.15) is 0 Å². The van der Waals surface area contributed by atoms with E-state index in [2.05, 4.69) is 18.7 Å². The summed E-state index contributed by atoms with van der Waals surface area (Å²) in [7, 11) is 0. The lowest BCUT2D eigenvalue weighted by Gasteiger charge is -2.38. The van der Waals surface area contributed by atoms with Crippen LogP contribution < -0.4 is 0 Å². The fourth-order valence-electron chi connectivity index (χ4n) is 3.77. The van der Waals surface area contributed by atoms with Crippen LogP contribution in [0.2, 0.25) is 0 Å². The third-order valence-electron chi connectivity index (χ3n) is 5.09. The highest BCUT2D eigenvalue weighted by Gasteiger charge is 2.41. The van der Waals surface area contributed by atoms with Gasteiger partial charge < -0.3 is 10.2 Å². The number of aliphatic hydroxyl groups excluding tert-OH is 2. The molecule has 1 heterocycles. The van der Waals surface area contributed by atoms with Crippen molar-refractivity contribution in [1.29, 1.82) is 0 Å². The molecule has 2 aliphatic rings. The fourth-order valence-corrected chi connectivity index (χ4v) is 3.77. The van der Waals surface area contributed by atoms with Crippen LogP contribution >= 0.6 is 0 Å². The molecule has 0 amide bonds. The summed E-state index contributed by atoms with van der Waals surface area (Å²) in [6.07, 6.45) is 6.80. The second-order valence-electron chi connectivity index (χ2n) is 6.89. The van der Waals surface area contributed by atoms with Crippen molar-refractivity contribution in [1.82, 2.24) is 4.90 Å². The SMILES string of the molecule is CC1(C)CCC(CN2CCCCC2CCO)C1O. The lowest BCUT2D eigenvalue weighted by atomic mass is 9.87. The van der Waals surface area contributed by atoms with Crippen molar-refractivity contribution in [3.05, 3.63) is 0 Å². The van der Waals surface area contributed by atoms with Crippen molar-refractivity contribution in [3.63, 3.8) is 0 Å². The summed E-state index contributed by atoms with van der Waals surface area (Å²) in [5.41, 5.74) is 0.0902. The van der Waals surface area contributed by atoms with Crippen LogP contribution in [-0.2, 0) is 0 Å². The first-order valence-corrected chi connectivity index (χ1v) is 7.57. The summed E-state index contributed by atoms with van der Waals surface area (Å²) >= 11 is 0. The normalized spacial score (nSPS) is 37.0. The summed E-state index contributed by atoms with van der Waals surface area (Å²) in [6.45, 7) is 6.82. The molecule has 0 bridgehead atoms. The average molecular weight is 255 g/mol. The van der Waals surface area contributed by atoms with Crippen molar-refractivity contribution >= 4 is 0 Å². The maximum absolute atomic E-state index is 10.4. The van der Waals surface area contributed by atoms with Gasteiger partial charge in [-0.05, 0) is 50.0 Å². The van der Waals surface area contributed by atoms with Gasteiger partial charge in [-0.1, -0.05) is 20.3 Å². The monoisotopic (exact) mass is 255 g/mol. The predicted molar refractivity (Wildman–Crippen MR) is 73.4 cm³/mol. The molecule has 3 unspecified atom stereocenters. The van der Waals surface area contributed by atoms with E-state index in [0.29, 0.717) is 18.6 Å². The molecule has 0 radical (unpaired) electrons. The van der Waals surface area contributed by atoms with Crippen LogP contribution in [0.3, 0.4) is 0 Å². The molecule has 3 atom stereocenters. The topological polar surface area (TPSA) is 43.7 Å². The van der Waals surface area contributed by atoms with E-state index < -0.39 is 0 Å². The Morgan fingerprint density at radius 2 is 2.00 bits per heavy atom. The van der Waals surface area contributed by atoms with Crippen molar-refractivity contribution in [3.8, 4) is 0 Å². The molecule has 106 valence electrons. The molecule has 3 nitrogen and oxygen atoms in total. The Hall–Kier alpha value is -0.120. The quantitative estimate of drug-likeness (QED) is 0.808. The second kappa shape index (κ2) is 5.89. The molecule has 0 aromatic rings. The van der Waals surface area contributed by atoms with Gasteiger partial charge in [-0.3, -0.25) is 4.90 Å². The van der Waals surface area contributed by atoms with Crippen LogP contribution in [0, 0.1) is 11.3 Å². The molecular weight excluding hydrogens is 226 g/mol. The molecule has 1 aliphatic carbocycles. The first kappa shape index (κ1) is 14.3. The molecule has 1 saturated carbocycles. The number of likely N-dealkylation sites (tertiary alicyclic amines) is 1. The molecule has 0 aromatic carbocycles. The Bertz CT molecular complexity index is 265. The highest BCUT2D eigenvalue weighted by molar-refractivity contribution is 4.93. The largest absolute Gasteiger partial charge is 0.396 e. The molecule has 2 rings (SSSR count). The number of piperidine rings is 1. The maximum atomic E-state index is 10.4. The third kappa shape index (κ3) is 3.06. The van der Waals surface area contributed by atoms with Gasteiger partial charge in [0.25, 0.3) is 0 Å². The van der Waals surface area contributed by atoms with Crippen LogP contribution in [0.25, 0.3) is 0 Å². The number of hydrogen-bond acceptors (Lipinski definition) is 3. The Kier molecular flexibility index (Phi) is 4.68. The Morgan fingerprint density at radius 1 is 1.22 bits per heavy atom. The summed E-state index contributed by atoms with van der Waals surface area (Å²) in [5, 5.41) is 19.5. The lowest BCUT2D eigenvalue weighted by Crippen LogP contribution is -2.45. The molecule has 18 heavy (non-hydrogen) atoms. The molecule has 1 aliphatic heterocycles. The summed E-state index contributed by atoms with van der Waals surface area (Å²) in [4.78, 5) is 2.52. The van der Waals surface area contributed by atoms with Crippen LogP contribution in [0.5, 0.6) is 0 Å². The van der Waals surface area contributed by atoms with Crippen molar-refractivity contribution < 1.29 is 10.2 Å². The van der Waals surface area contributed by atoms with E-state index >= 15 is 0 Å². The van der Waals surface area contributed by atoms with Gasteiger partial charge in [-0.2, -0.15) is 0 Å². The summed E-state index contributed by atoms with van der Waals surface area (Å²) in [5.74, 6) is 0.430. The minimum absolute atomic E-state index is 0.0902. The molecule has 1 saturated heterocycles. The molecule has 0 spiro atoms. The van der Waals surface area contributed by atoms with E-state index in [1.165, 1.54) is 19.3 Å². The number of hydrogen-bond donors (Lipinski definition) is 2. The summed E-state index contributed by atoms with van der Waals surface area (Å²) in [6, 6.07) is 0.541. The predicted octanol–water partition coefficient (Wildman–Crippen LogP) is 2.02. The van der Waals surface area contributed by atoms with E-state index in [4.69, 9.17) is 5.11 Å². The average Bonchev–Trinajstić information content (AvgIpc) is 2.59. The number of rotatable bonds is 4. The zero-order chi connectivity index (χ0) is 13.2. The smallest absolute Gasteiger partial charge is 0.0631 e. The summed E-state index contributed by atoms with van der Waals surface area (Å²) < 4.78 is 0. The van der Waals surface area contributed by atoms with Crippen LogP contribution in [0.15, 0.2) is 0 Å². The van der Waals surface area contributed by atoms with E-state index in [0.717, 1.165) is 32.4 Å². The fraction of sp³-hybridized carbons (Fsp3) is 1.00. The van der Waals surface area contributed by atoms with Gasteiger partial charge in [-0.15, -0.1) is 0 Å². The number of nitrogens with zero attached hydrogens (tertiary/aromatic N) is 1. The van der Waals surface area contributed by atoms with Gasteiger partial charge in [-0.25, -0.2) is 0 Å². The zero-order valence-electron chi connectivity index (χ0n) is 11.9. The van der Waals surface area contributed by atoms with Crippen molar-refractivity contribution in [2.24, 2.45) is 11.3 Å². The van der Waals surface area contributed by atoms with Crippen LogP contribution in [-0.4, -0.2) is 47.0 Å². The van der Waals surface area contributed by atoms with Crippen LogP contribution in [0.1, 0.15) is 52.4 Å². The van der Waals surface area contributed by atoms with Gasteiger partial charge in [0.05, 0.1) is 6.10 Å². The standard InChI is InChI=1S/C15H29NO2/c1-15(2)8-6-12(14(15)18)11-16-9-4-3-5-13(16)7-10-17/h12-14,17-18H,3-11H2,1-2H3. The first-order valence-electron chi connectivity index (χ1n) is 7.57.